The Morgan fingerprint density at radius 1 is 1.16 bits per heavy atom. The molecule has 0 bridgehead atoms. The molecule has 0 radical (unpaired) electrons. The van der Waals surface area contributed by atoms with Crippen molar-refractivity contribution in [3.8, 4) is 11.5 Å². The number of carbonyl (C=O) groups excluding carboxylic acids is 2. The fourth-order valence-electron chi connectivity index (χ4n) is 2.29. The average molecular weight is 503 g/mol. The molecule has 1 amide bonds. The van der Waals surface area contributed by atoms with Gasteiger partial charge < -0.3 is 14.2 Å². The van der Waals surface area contributed by atoms with Crippen LogP contribution in [0.5, 0.6) is 11.5 Å². The van der Waals surface area contributed by atoms with E-state index in [0.717, 1.165) is 18.2 Å². The van der Waals surface area contributed by atoms with Crippen LogP contribution < -0.4 is 14.9 Å². The molecule has 11 heteroatoms. The van der Waals surface area contributed by atoms with E-state index >= 15 is 0 Å². The van der Waals surface area contributed by atoms with Gasteiger partial charge in [0.15, 0.2) is 18.1 Å². The van der Waals surface area contributed by atoms with Gasteiger partial charge in [-0.15, -0.1) is 0 Å². The maximum absolute atomic E-state index is 12.8. The summed E-state index contributed by atoms with van der Waals surface area (Å²) in [7, 11) is 1.23. The second-order valence-electron chi connectivity index (χ2n) is 5.90. The molecule has 2 aromatic rings. The molecule has 7 nitrogen and oxygen atoms in total. The molecule has 2 aromatic carbocycles. The summed E-state index contributed by atoms with van der Waals surface area (Å²) < 4.78 is 54.3. The molecular weight excluding hydrogens is 485 g/mol. The molecule has 0 aromatic heterocycles. The van der Waals surface area contributed by atoms with Crippen LogP contribution >= 0.6 is 15.9 Å². The quantitative estimate of drug-likeness (QED) is 0.332. The molecule has 0 aliphatic rings. The van der Waals surface area contributed by atoms with Crippen molar-refractivity contribution in [3.05, 3.63) is 57.6 Å². The fourth-order valence-corrected chi connectivity index (χ4v) is 2.71. The number of hydrogen-bond acceptors (Lipinski definition) is 6. The Hall–Kier alpha value is -3.08. The molecule has 2 rings (SSSR count). The molecule has 0 heterocycles. The van der Waals surface area contributed by atoms with Crippen molar-refractivity contribution in [3.63, 3.8) is 0 Å². The van der Waals surface area contributed by atoms with Crippen LogP contribution in [-0.4, -0.2) is 38.4 Å². The van der Waals surface area contributed by atoms with Crippen molar-refractivity contribution in [2.75, 3.05) is 20.3 Å². The van der Waals surface area contributed by atoms with Crippen LogP contribution in [-0.2, 0) is 15.7 Å². The number of esters is 1. The van der Waals surface area contributed by atoms with Crippen LogP contribution in [0.1, 0.15) is 28.4 Å². The van der Waals surface area contributed by atoms with E-state index in [1.54, 1.807) is 19.1 Å². The van der Waals surface area contributed by atoms with Gasteiger partial charge >= 0.3 is 12.1 Å². The van der Waals surface area contributed by atoms with Gasteiger partial charge in [-0.2, -0.15) is 18.3 Å². The van der Waals surface area contributed by atoms with E-state index in [1.165, 1.54) is 19.4 Å². The Morgan fingerprint density at radius 3 is 2.52 bits per heavy atom. The SMILES string of the molecule is CCOc1cc(/C=N\NC(=O)c2cccc(C(F)(F)F)c2)c(Br)cc1OCC(=O)OC. The number of nitrogens with one attached hydrogen (secondary N) is 1. The van der Waals surface area contributed by atoms with Crippen molar-refractivity contribution in [1.82, 2.24) is 5.43 Å². The summed E-state index contributed by atoms with van der Waals surface area (Å²) in [6, 6.07) is 7.10. The number of amides is 1. The topological polar surface area (TPSA) is 86.2 Å². The second kappa shape index (κ2) is 10.8. The monoisotopic (exact) mass is 502 g/mol. The van der Waals surface area contributed by atoms with Crippen LogP contribution in [0.15, 0.2) is 46.0 Å². The predicted octanol–water partition coefficient (Wildman–Crippen LogP) is 4.18. The molecule has 0 atom stereocenters. The predicted molar refractivity (Wildman–Crippen MR) is 109 cm³/mol. The van der Waals surface area contributed by atoms with Gasteiger partial charge in [0, 0.05) is 15.6 Å². The molecule has 0 fully saturated rings. The number of halogens is 4. The summed E-state index contributed by atoms with van der Waals surface area (Å²) in [5, 5.41) is 3.78. The van der Waals surface area contributed by atoms with Crippen LogP contribution in [0.3, 0.4) is 0 Å². The van der Waals surface area contributed by atoms with Gasteiger partial charge in [0.25, 0.3) is 5.91 Å². The fraction of sp³-hybridized carbons (Fsp3) is 0.250. The van der Waals surface area contributed by atoms with Crippen LogP contribution in [0.25, 0.3) is 0 Å². The number of nitrogens with zero attached hydrogens (tertiary/aromatic N) is 1. The molecule has 0 spiro atoms. The van der Waals surface area contributed by atoms with E-state index in [0.29, 0.717) is 22.4 Å². The first-order valence-corrected chi connectivity index (χ1v) is 9.61. The van der Waals surface area contributed by atoms with Crippen molar-refractivity contribution >= 4 is 34.0 Å². The highest BCUT2D eigenvalue weighted by molar-refractivity contribution is 9.10. The Labute approximate surface area is 184 Å². The number of carbonyl (C=O) groups is 2. The molecular formula is C20H18BrF3N2O5. The standard InChI is InChI=1S/C20H18BrF3N2O5/c1-3-30-16-8-13(15(21)9-17(16)31-11-18(27)29-2)10-25-26-19(28)12-5-4-6-14(7-12)20(22,23)24/h4-10H,3,11H2,1-2H3,(H,26,28)/b25-10-. The largest absolute Gasteiger partial charge is 0.490 e. The summed E-state index contributed by atoms with van der Waals surface area (Å²) in [6.07, 6.45) is -3.28. The Kier molecular flexibility index (Phi) is 8.43. The zero-order valence-corrected chi connectivity index (χ0v) is 18.0. The lowest BCUT2D eigenvalue weighted by Crippen LogP contribution is -2.18. The van der Waals surface area contributed by atoms with Gasteiger partial charge in [-0.05, 0) is 53.2 Å². The zero-order chi connectivity index (χ0) is 23.0. The van der Waals surface area contributed by atoms with E-state index in [1.807, 2.05) is 0 Å². The molecule has 0 saturated carbocycles. The number of hydrogen-bond donors (Lipinski definition) is 1. The van der Waals surface area contributed by atoms with Crippen molar-refractivity contribution in [2.45, 2.75) is 13.1 Å². The number of ether oxygens (including phenoxy) is 3. The Balaban J connectivity index is 2.15. The van der Waals surface area contributed by atoms with Gasteiger partial charge in [-0.3, -0.25) is 4.79 Å². The first-order valence-electron chi connectivity index (χ1n) is 8.82. The van der Waals surface area contributed by atoms with E-state index < -0.39 is 23.6 Å². The highest BCUT2D eigenvalue weighted by Crippen LogP contribution is 2.33. The van der Waals surface area contributed by atoms with Crippen LogP contribution in [0.2, 0.25) is 0 Å². The molecule has 0 unspecified atom stereocenters. The van der Waals surface area contributed by atoms with E-state index in [-0.39, 0.29) is 17.9 Å². The molecule has 166 valence electrons. The van der Waals surface area contributed by atoms with Crippen molar-refractivity contribution in [1.29, 1.82) is 0 Å². The van der Waals surface area contributed by atoms with Crippen LogP contribution in [0, 0.1) is 0 Å². The molecule has 0 saturated heterocycles. The van der Waals surface area contributed by atoms with Gasteiger partial charge in [0.2, 0.25) is 0 Å². The molecule has 0 aliphatic heterocycles. The molecule has 0 aliphatic carbocycles. The lowest BCUT2D eigenvalue weighted by Gasteiger charge is -2.13. The minimum absolute atomic E-state index is 0.187. The third-order valence-electron chi connectivity index (χ3n) is 3.76. The maximum Gasteiger partial charge on any atom is 0.416 e. The summed E-state index contributed by atoms with van der Waals surface area (Å²) in [5.41, 5.74) is 1.54. The smallest absolute Gasteiger partial charge is 0.416 e. The Morgan fingerprint density at radius 2 is 1.87 bits per heavy atom. The minimum atomic E-state index is -4.56. The zero-order valence-electron chi connectivity index (χ0n) is 16.5. The first kappa shape index (κ1) is 24.2. The number of rotatable bonds is 8. The normalized spacial score (nSPS) is 11.3. The van der Waals surface area contributed by atoms with E-state index in [9.17, 15) is 22.8 Å². The number of methoxy groups -OCH3 is 1. The van der Waals surface area contributed by atoms with Gasteiger partial charge in [0.1, 0.15) is 0 Å². The van der Waals surface area contributed by atoms with Crippen LogP contribution in [0.4, 0.5) is 13.2 Å². The maximum atomic E-state index is 12.8. The number of benzene rings is 2. The number of hydrazone groups is 1. The van der Waals surface area contributed by atoms with Crippen molar-refractivity contribution < 1.29 is 37.0 Å². The third-order valence-corrected chi connectivity index (χ3v) is 4.44. The lowest BCUT2D eigenvalue weighted by atomic mass is 10.1. The summed E-state index contributed by atoms with van der Waals surface area (Å²) in [5.74, 6) is -0.771. The van der Waals surface area contributed by atoms with E-state index in [2.05, 4.69) is 31.2 Å². The molecule has 31 heavy (non-hydrogen) atoms. The van der Waals surface area contributed by atoms with Crippen molar-refractivity contribution in [2.24, 2.45) is 5.10 Å². The van der Waals surface area contributed by atoms with Gasteiger partial charge in [-0.25, -0.2) is 10.2 Å². The first-order chi connectivity index (χ1) is 14.7. The minimum Gasteiger partial charge on any atom is -0.490 e. The molecule has 1 N–H and O–H groups in total. The summed E-state index contributed by atoms with van der Waals surface area (Å²) in [6.45, 7) is 1.76. The Bertz CT molecular complexity index is 980. The summed E-state index contributed by atoms with van der Waals surface area (Å²) in [4.78, 5) is 23.4. The highest BCUT2D eigenvalue weighted by atomic mass is 79.9. The van der Waals surface area contributed by atoms with Gasteiger partial charge in [-0.1, -0.05) is 6.07 Å². The van der Waals surface area contributed by atoms with E-state index in [4.69, 9.17) is 9.47 Å². The van der Waals surface area contributed by atoms with Gasteiger partial charge in [0.05, 0.1) is 25.5 Å². The number of alkyl halides is 3. The summed E-state index contributed by atoms with van der Waals surface area (Å²) >= 11 is 3.32. The lowest BCUT2D eigenvalue weighted by molar-refractivity contribution is -0.143. The second-order valence-corrected chi connectivity index (χ2v) is 6.75. The third kappa shape index (κ3) is 6.99. The average Bonchev–Trinajstić information content (AvgIpc) is 2.73. The highest BCUT2D eigenvalue weighted by Gasteiger charge is 2.30.